The van der Waals surface area contributed by atoms with Gasteiger partial charge in [-0.15, -0.1) is 0 Å². The first kappa shape index (κ1) is 25.3. The Morgan fingerprint density at radius 1 is 1.07 bits per heavy atom. The van der Waals surface area contributed by atoms with Crippen molar-refractivity contribution < 1.29 is 25.5 Å². The molecule has 206 valence electrons. The first-order valence-corrected chi connectivity index (χ1v) is 13.5. The molecule has 2 N–H and O–H groups in total. The van der Waals surface area contributed by atoms with E-state index in [1.165, 1.54) is 49.7 Å². The largest absolute Gasteiger partial charge is 0.487 e. The second-order valence-corrected chi connectivity index (χ2v) is 9.63. The van der Waals surface area contributed by atoms with Gasteiger partial charge in [0.1, 0.15) is 41.8 Å². The van der Waals surface area contributed by atoms with Crippen LogP contribution in [0.5, 0.6) is 5.75 Å². The number of furan rings is 1. The molecule has 0 radical (unpaired) electrons. The molecule has 0 aliphatic rings. The van der Waals surface area contributed by atoms with Gasteiger partial charge < -0.3 is 19.8 Å². The second kappa shape index (κ2) is 13.6. The van der Waals surface area contributed by atoms with Gasteiger partial charge in [0.2, 0.25) is 0 Å². The molecule has 40 heavy (non-hydrogen) atoms. The maximum absolute atomic E-state index is 13.6. The van der Waals surface area contributed by atoms with Crippen molar-refractivity contribution in [2.75, 3.05) is 24.7 Å². The number of hydrogen-bond donors (Lipinski definition) is 2. The lowest BCUT2D eigenvalue weighted by Crippen LogP contribution is -2.16. The molecule has 5 aromatic rings. The van der Waals surface area contributed by atoms with Gasteiger partial charge in [-0.25, -0.2) is 19.2 Å². The lowest BCUT2D eigenvalue weighted by molar-refractivity contribution is -0.160. The minimum Gasteiger partial charge on any atom is -0.487 e. The maximum atomic E-state index is 13.6. The monoisotopic (exact) mass is 582 g/mol. The molecule has 0 saturated carbocycles. The zero-order chi connectivity index (χ0) is 29.5. The first-order valence-electron chi connectivity index (χ1n) is 13.2. The van der Waals surface area contributed by atoms with Crippen molar-refractivity contribution in [1.82, 2.24) is 15.3 Å². The highest BCUT2D eigenvalue weighted by atomic mass is 35.5. The van der Waals surface area contributed by atoms with Crippen LogP contribution in [0.25, 0.3) is 22.2 Å². The van der Waals surface area contributed by atoms with Crippen LogP contribution in [-0.2, 0) is 22.3 Å². The van der Waals surface area contributed by atoms with Gasteiger partial charge in [0, 0.05) is 41.0 Å². The highest BCUT2D eigenvalue weighted by Gasteiger charge is 2.11. The average molecular weight is 583 g/mol. The summed E-state index contributed by atoms with van der Waals surface area (Å²) in [5.41, 5.74) is 2.23. The predicted molar refractivity (Wildman–Crippen MR) is 155 cm³/mol. The van der Waals surface area contributed by atoms with Crippen molar-refractivity contribution >= 4 is 46.1 Å². The van der Waals surface area contributed by atoms with Crippen LogP contribution in [0.3, 0.4) is 0 Å². The Hall–Kier alpha value is -3.67. The number of halogens is 2. The lowest BCUT2D eigenvalue weighted by Gasteiger charge is -2.12. The summed E-state index contributed by atoms with van der Waals surface area (Å²) in [6.07, 6.45) is 1.46. The Morgan fingerprint density at radius 2 is 2.00 bits per heavy atom. The molecule has 0 bridgehead atoms. The molecule has 0 saturated heterocycles. The van der Waals surface area contributed by atoms with Gasteiger partial charge in [-0.3, -0.25) is 0 Å². The van der Waals surface area contributed by atoms with Crippen LogP contribution in [0.15, 0.2) is 83.5 Å². The van der Waals surface area contributed by atoms with Crippen LogP contribution in [0, 0.1) is 5.82 Å². The molecule has 5 rings (SSSR count). The molecule has 0 spiro atoms. The molecule has 0 aliphatic heterocycles. The maximum Gasteiger partial charge on any atom is 0.141 e. The van der Waals surface area contributed by atoms with E-state index in [1.807, 2.05) is 30.3 Å². The van der Waals surface area contributed by atoms with Gasteiger partial charge in [0.15, 0.2) is 0 Å². The Kier molecular flexibility index (Phi) is 8.61. The highest BCUT2D eigenvalue weighted by molar-refractivity contribution is 7.94. The molecule has 11 heteroatoms. The van der Waals surface area contributed by atoms with E-state index >= 15 is 0 Å². The van der Waals surface area contributed by atoms with Gasteiger partial charge in [-0.2, -0.15) is 4.33 Å². The molecule has 0 fully saturated rings. The van der Waals surface area contributed by atoms with Gasteiger partial charge in [0.05, 0.1) is 26.9 Å². The molecular formula is C29H26ClFN4O4S. The van der Waals surface area contributed by atoms with Crippen molar-refractivity contribution in [2.45, 2.75) is 13.1 Å². The quantitative estimate of drug-likeness (QED) is 0.0641. The Labute approximate surface area is 242 Å². The smallest absolute Gasteiger partial charge is 0.141 e. The zero-order valence-electron chi connectivity index (χ0n) is 23.3. The van der Waals surface area contributed by atoms with E-state index in [4.69, 9.17) is 27.8 Å². The number of fused-ring (bicyclic) bond motifs is 1. The van der Waals surface area contributed by atoms with Crippen LogP contribution < -0.4 is 15.4 Å². The van der Waals surface area contributed by atoms with Gasteiger partial charge in [-0.1, -0.05) is 23.7 Å². The lowest BCUT2D eigenvalue weighted by atomic mass is 10.1. The van der Waals surface area contributed by atoms with Gasteiger partial charge in [0.25, 0.3) is 0 Å². The van der Waals surface area contributed by atoms with Gasteiger partial charge in [-0.05, 0) is 66.2 Å². The number of rotatable bonds is 13. The average Bonchev–Trinajstić information content (AvgIpc) is 3.45. The van der Waals surface area contributed by atoms with Crippen LogP contribution in [0.1, 0.15) is 14.1 Å². The molecule has 0 unspecified atom stereocenters. The number of benzene rings is 3. The van der Waals surface area contributed by atoms with Crippen molar-refractivity contribution in [1.29, 1.82) is 0 Å². The first-order chi connectivity index (χ1) is 20.3. The van der Waals surface area contributed by atoms with Crippen molar-refractivity contribution in [2.24, 2.45) is 0 Å². The highest BCUT2D eigenvalue weighted by Crippen LogP contribution is 2.32. The Balaban J connectivity index is 1.30. The van der Waals surface area contributed by atoms with E-state index in [0.29, 0.717) is 23.8 Å². The summed E-state index contributed by atoms with van der Waals surface area (Å²) in [5, 5.41) is 7.47. The fourth-order valence-electron chi connectivity index (χ4n) is 3.81. The number of anilines is 2. The summed E-state index contributed by atoms with van der Waals surface area (Å²) in [6, 6.07) is 19.6. The minimum absolute atomic E-state index is 0.0381. The SMILES string of the molecule is [2H]C([2H])(Oc1ccc(Nc2ncnc3ccc(-c4ccc(CNCCSOOC)o4)cc23)cc1Cl)c1cccc(F)c1. The van der Waals surface area contributed by atoms with Crippen molar-refractivity contribution in [3.63, 3.8) is 0 Å². The fraction of sp³-hybridized carbons (Fsp3) is 0.172. The molecule has 2 aromatic heterocycles. The van der Waals surface area contributed by atoms with E-state index in [0.717, 1.165) is 40.6 Å². The minimum atomic E-state index is -2.29. The van der Waals surface area contributed by atoms with Crippen LogP contribution >= 0.6 is 23.6 Å². The molecular weight excluding hydrogens is 555 g/mol. The van der Waals surface area contributed by atoms with Crippen molar-refractivity contribution in [3.05, 3.63) is 101 Å². The Morgan fingerprint density at radius 3 is 2.85 bits per heavy atom. The summed E-state index contributed by atoms with van der Waals surface area (Å²) < 4.78 is 46.4. The van der Waals surface area contributed by atoms with E-state index in [9.17, 15) is 4.39 Å². The third-order valence-corrected chi connectivity index (χ3v) is 6.56. The third-order valence-electron chi connectivity index (χ3n) is 5.66. The number of aromatic nitrogens is 2. The van der Waals surface area contributed by atoms with Crippen LogP contribution in [0.4, 0.5) is 15.9 Å². The molecule has 0 atom stereocenters. The molecule has 0 amide bonds. The van der Waals surface area contributed by atoms with Crippen LogP contribution in [0.2, 0.25) is 5.02 Å². The Bertz CT molecular complexity index is 1680. The van der Waals surface area contributed by atoms with Crippen molar-refractivity contribution in [3.8, 4) is 17.1 Å². The molecule has 0 aliphatic carbocycles. The second-order valence-electron chi connectivity index (χ2n) is 8.44. The topological polar surface area (TPSA) is 90.7 Å². The number of nitrogens with zero attached hydrogens (tertiary/aromatic N) is 2. The summed E-state index contributed by atoms with van der Waals surface area (Å²) >= 11 is 7.67. The summed E-state index contributed by atoms with van der Waals surface area (Å²) in [6.45, 7) is -0.995. The molecule has 3 aromatic carbocycles. The zero-order valence-corrected chi connectivity index (χ0v) is 22.9. The fourth-order valence-corrected chi connectivity index (χ4v) is 4.42. The number of ether oxygens (including phenoxy) is 1. The standard InChI is InChI=1S/C29H26ClFN4O4S/c1-36-39-40-12-11-32-16-23-7-10-27(38-23)20-5-8-26-24(14-20)29(34-18-33-26)35-22-6-9-28(25(30)15-22)37-17-19-3-2-4-21(31)13-19/h2-10,13-15,18,32H,11-12,16-17H2,1H3,(H,33,34,35)/i17D2. The van der Waals surface area contributed by atoms with Crippen LogP contribution in [-0.4, -0.2) is 29.4 Å². The summed E-state index contributed by atoms with van der Waals surface area (Å²) in [4.78, 5) is 13.3. The van der Waals surface area contributed by atoms with E-state index in [-0.39, 0.29) is 16.3 Å². The number of nitrogens with one attached hydrogen (secondary N) is 2. The normalized spacial score (nSPS) is 12.3. The summed E-state index contributed by atoms with van der Waals surface area (Å²) in [5.74, 6) is 2.33. The predicted octanol–water partition coefficient (Wildman–Crippen LogP) is 7.32. The number of hydrogen-bond acceptors (Lipinski definition) is 9. The molecule has 2 heterocycles. The van der Waals surface area contributed by atoms with E-state index in [1.54, 1.807) is 12.1 Å². The van der Waals surface area contributed by atoms with E-state index in [2.05, 4.69) is 25.5 Å². The molecule has 8 nitrogen and oxygen atoms in total. The van der Waals surface area contributed by atoms with E-state index < -0.39 is 12.4 Å². The third kappa shape index (κ3) is 7.29. The van der Waals surface area contributed by atoms with Gasteiger partial charge >= 0.3 is 0 Å². The summed E-state index contributed by atoms with van der Waals surface area (Å²) in [7, 11) is 1.47.